The zero-order chi connectivity index (χ0) is 13.0. The summed E-state index contributed by atoms with van der Waals surface area (Å²) < 4.78 is 5.60. The van der Waals surface area contributed by atoms with Crippen molar-refractivity contribution in [2.75, 3.05) is 0 Å². The molecule has 0 heterocycles. The van der Waals surface area contributed by atoms with Crippen molar-refractivity contribution >= 4 is 11.8 Å². The number of carbonyl (C=O) groups is 2. The lowest BCUT2D eigenvalue weighted by molar-refractivity contribution is -0.161. The Morgan fingerprint density at radius 2 is 1.94 bits per heavy atom. The van der Waals surface area contributed by atoms with Crippen LogP contribution >= 0.6 is 0 Å². The first kappa shape index (κ1) is 12.6. The van der Waals surface area contributed by atoms with E-state index in [0.717, 1.165) is 0 Å². The van der Waals surface area contributed by atoms with Crippen molar-refractivity contribution in [2.45, 2.75) is 53.6 Å². The third kappa shape index (κ3) is 1.54. The first-order chi connectivity index (χ1) is 7.70. The van der Waals surface area contributed by atoms with Gasteiger partial charge in [0, 0.05) is 17.8 Å². The molecule has 0 aromatic rings. The Kier molecular flexibility index (Phi) is 2.64. The SMILES string of the molecule is CC(C)C(=O)OC1CC2C(=O)CC1(C)C2(C)C. The maximum absolute atomic E-state index is 11.9. The molecule has 96 valence electrons. The average Bonchev–Trinajstić information content (AvgIpc) is 2.47. The summed E-state index contributed by atoms with van der Waals surface area (Å²) >= 11 is 0. The summed E-state index contributed by atoms with van der Waals surface area (Å²) in [6.45, 7) is 10.0. The lowest BCUT2D eigenvalue weighted by Gasteiger charge is -2.37. The van der Waals surface area contributed by atoms with Crippen LogP contribution in [0.4, 0.5) is 0 Å². The molecule has 2 rings (SSSR count). The molecule has 2 fully saturated rings. The Bertz CT molecular complexity index is 370. The molecule has 0 aromatic carbocycles. The largest absolute Gasteiger partial charge is 0.462 e. The molecule has 3 nitrogen and oxygen atoms in total. The van der Waals surface area contributed by atoms with Gasteiger partial charge >= 0.3 is 5.97 Å². The topological polar surface area (TPSA) is 43.4 Å². The minimum Gasteiger partial charge on any atom is -0.462 e. The Morgan fingerprint density at radius 3 is 2.29 bits per heavy atom. The van der Waals surface area contributed by atoms with Crippen LogP contribution in [0.2, 0.25) is 0 Å². The molecular formula is C14H22O3. The lowest BCUT2D eigenvalue weighted by Crippen LogP contribution is -2.39. The Balaban J connectivity index is 2.20. The number of esters is 1. The molecule has 0 saturated heterocycles. The minimum atomic E-state index is -0.181. The van der Waals surface area contributed by atoms with Crippen molar-refractivity contribution in [3.8, 4) is 0 Å². The third-order valence-electron chi connectivity index (χ3n) is 5.16. The van der Waals surface area contributed by atoms with Crippen molar-refractivity contribution in [3.05, 3.63) is 0 Å². The van der Waals surface area contributed by atoms with Crippen molar-refractivity contribution in [3.63, 3.8) is 0 Å². The van der Waals surface area contributed by atoms with Crippen molar-refractivity contribution in [2.24, 2.45) is 22.7 Å². The first-order valence-electron chi connectivity index (χ1n) is 6.43. The van der Waals surface area contributed by atoms with E-state index < -0.39 is 0 Å². The Morgan fingerprint density at radius 1 is 1.35 bits per heavy atom. The fourth-order valence-electron chi connectivity index (χ4n) is 3.40. The highest BCUT2D eigenvalue weighted by Gasteiger charge is 2.66. The number of hydrogen-bond donors (Lipinski definition) is 0. The first-order valence-corrected chi connectivity index (χ1v) is 6.43. The van der Waals surface area contributed by atoms with Crippen LogP contribution in [0, 0.1) is 22.7 Å². The third-order valence-corrected chi connectivity index (χ3v) is 5.16. The summed E-state index contributed by atoms with van der Waals surface area (Å²) in [7, 11) is 0. The summed E-state index contributed by atoms with van der Waals surface area (Å²) in [5, 5.41) is 0. The zero-order valence-electron chi connectivity index (χ0n) is 11.4. The molecule has 0 radical (unpaired) electrons. The van der Waals surface area contributed by atoms with Crippen LogP contribution in [0.3, 0.4) is 0 Å². The van der Waals surface area contributed by atoms with Gasteiger partial charge in [-0.15, -0.1) is 0 Å². The van der Waals surface area contributed by atoms with Gasteiger partial charge in [-0.1, -0.05) is 34.6 Å². The van der Waals surface area contributed by atoms with Gasteiger partial charge in [-0.25, -0.2) is 0 Å². The van der Waals surface area contributed by atoms with Gasteiger partial charge < -0.3 is 4.74 Å². The summed E-state index contributed by atoms with van der Waals surface area (Å²) in [6.07, 6.45) is 1.18. The number of ether oxygens (including phenoxy) is 1. The molecule has 2 aliphatic rings. The van der Waals surface area contributed by atoms with Crippen LogP contribution in [-0.2, 0) is 14.3 Å². The predicted octanol–water partition coefficient (Wildman–Crippen LogP) is 2.58. The molecule has 3 heteroatoms. The molecule has 3 unspecified atom stereocenters. The highest BCUT2D eigenvalue weighted by atomic mass is 16.5. The van der Waals surface area contributed by atoms with E-state index >= 15 is 0 Å². The standard InChI is InChI=1S/C14H22O3/c1-8(2)12(16)17-11-6-9-10(15)7-14(11,5)13(9,3)4/h8-9,11H,6-7H2,1-5H3. The molecule has 0 N–H and O–H groups in total. The molecule has 0 aliphatic heterocycles. The van der Waals surface area contributed by atoms with Crippen LogP contribution in [0.25, 0.3) is 0 Å². The maximum atomic E-state index is 11.9. The zero-order valence-corrected chi connectivity index (χ0v) is 11.4. The fraction of sp³-hybridized carbons (Fsp3) is 0.857. The molecule has 17 heavy (non-hydrogen) atoms. The number of Topliss-reactive ketones (excluding diaryl/α,β-unsaturated/α-hetero) is 1. The van der Waals surface area contributed by atoms with E-state index in [1.54, 1.807) is 0 Å². The second kappa shape index (κ2) is 3.56. The van der Waals surface area contributed by atoms with Gasteiger partial charge in [0.25, 0.3) is 0 Å². The molecule has 0 amide bonds. The summed E-state index contributed by atoms with van der Waals surface area (Å²) in [4.78, 5) is 23.6. The molecular weight excluding hydrogens is 216 g/mol. The molecule has 2 saturated carbocycles. The highest BCUT2D eigenvalue weighted by Crippen LogP contribution is 2.64. The maximum Gasteiger partial charge on any atom is 0.308 e. The van der Waals surface area contributed by atoms with Gasteiger partial charge in [0.15, 0.2) is 0 Å². The smallest absolute Gasteiger partial charge is 0.308 e. The van der Waals surface area contributed by atoms with Gasteiger partial charge in [0.2, 0.25) is 0 Å². The van der Waals surface area contributed by atoms with Crippen molar-refractivity contribution < 1.29 is 14.3 Å². The highest BCUT2D eigenvalue weighted by molar-refractivity contribution is 5.87. The molecule has 3 atom stereocenters. The van der Waals surface area contributed by atoms with Crippen LogP contribution < -0.4 is 0 Å². The van der Waals surface area contributed by atoms with Crippen LogP contribution in [0.5, 0.6) is 0 Å². The Labute approximate surface area is 103 Å². The van der Waals surface area contributed by atoms with Gasteiger partial charge in [0.05, 0.1) is 5.92 Å². The number of hydrogen-bond acceptors (Lipinski definition) is 3. The van der Waals surface area contributed by atoms with Crippen LogP contribution in [-0.4, -0.2) is 17.9 Å². The fourth-order valence-corrected chi connectivity index (χ4v) is 3.40. The van der Waals surface area contributed by atoms with E-state index in [-0.39, 0.29) is 34.7 Å². The molecule has 0 spiro atoms. The lowest BCUT2D eigenvalue weighted by atomic mass is 9.70. The number of carbonyl (C=O) groups excluding carboxylic acids is 2. The van der Waals surface area contributed by atoms with Crippen LogP contribution in [0.15, 0.2) is 0 Å². The van der Waals surface area contributed by atoms with E-state index in [1.807, 2.05) is 13.8 Å². The molecule has 2 bridgehead atoms. The van der Waals surface area contributed by atoms with E-state index in [1.165, 1.54) is 0 Å². The van der Waals surface area contributed by atoms with Crippen LogP contribution in [0.1, 0.15) is 47.5 Å². The van der Waals surface area contributed by atoms with E-state index in [4.69, 9.17) is 4.74 Å². The monoisotopic (exact) mass is 238 g/mol. The minimum absolute atomic E-state index is 0.0496. The normalized spacial score (nSPS) is 38.8. The van der Waals surface area contributed by atoms with Gasteiger partial charge in [-0.2, -0.15) is 0 Å². The van der Waals surface area contributed by atoms with E-state index in [0.29, 0.717) is 18.6 Å². The van der Waals surface area contributed by atoms with Crippen molar-refractivity contribution in [1.82, 2.24) is 0 Å². The number of rotatable bonds is 2. The predicted molar refractivity (Wildman–Crippen MR) is 64.3 cm³/mol. The second-order valence-corrected chi connectivity index (χ2v) is 6.65. The van der Waals surface area contributed by atoms with Gasteiger partial charge in [-0.05, 0) is 11.8 Å². The second-order valence-electron chi connectivity index (χ2n) is 6.65. The molecule has 2 aliphatic carbocycles. The van der Waals surface area contributed by atoms with E-state index in [2.05, 4.69) is 20.8 Å². The summed E-state index contributed by atoms with van der Waals surface area (Å²) in [5.41, 5.74) is -0.231. The Hall–Kier alpha value is -0.860. The van der Waals surface area contributed by atoms with Gasteiger partial charge in [-0.3, -0.25) is 9.59 Å². The van der Waals surface area contributed by atoms with E-state index in [9.17, 15) is 9.59 Å². The van der Waals surface area contributed by atoms with Gasteiger partial charge in [0.1, 0.15) is 11.9 Å². The number of fused-ring (bicyclic) bond motifs is 2. The quantitative estimate of drug-likeness (QED) is 0.694. The van der Waals surface area contributed by atoms with Crippen molar-refractivity contribution in [1.29, 1.82) is 0 Å². The molecule has 0 aromatic heterocycles. The summed E-state index contributed by atoms with van der Waals surface area (Å²) in [6, 6.07) is 0. The average molecular weight is 238 g/mol. The summed E-state index contributed by atoms with van der Waals surface area (Å²) in [5.74, 6) is 0.162. The number of ketones is 1.